The maximum Gasteiger partial charge on any atom is 0.435 e. The minimum atomic E-state index is -0.636. The van der Waals surface area contributed by atoms with Crippen LogP contribution in [0.5, 0.6) is 5.75 Å². The quantitative estimate of drug-likeness (QED) is 0.470. The first kappa shape index (κ1) is 24.8. The zero-order chi connectivity index (χ0) is 26.5. The van der Waals surface area contributed by atoms with E-state index in [4.69, 9.17) is 14.2 Å². The summed E-state index contributed by atoms with van der Waals surface area (Å²) in [6.07, 6.45) is 8.06. The first-order valence-electron chi connectivity index (χ1n) is 12.5. The zero-order valence-electron chi connectivity index (χ0n) is 21.8. The molecule has 1 spiro atoms. The topological polar surface area (TPSA) is 102 Å². The molecule has 1 aromatic carbocycles. The molecule has 1 aliphatic heterocycles. The smallest absolute Gasteiger partial charge is 0.435 e. The Bertz CT molecular complexity index is 1460. The van der Waals surface area contributed by atoms with Crippen LogP contribution in [-0.2, 0) is 21.4 Å². The standard InChI is InChI=1S/C28H31N3O6/c1-6-36-25(33)21-16-30-22(12-23(21)32)19-11-24(35-5)20(10-17(19)13-28(30)8-7-9-28)18-14-29-31(15-18)26(34)37-27(2,3)4/h10-12,14-16H,6-9,13H2,1-5H3. The van der Waals surface area contributed by atoms with Crippen molar-refractivity contribution in [2.75, 3.05) is 13.7 Å². The maximum absolute atomic E-state index is 12.9. The van der Waals surface area contributed by atoms with Gasteiger partial charge in [-0.3, -0.25) is 4.79 Å². The highest BCUT2D eigenvalue weighted by molar-refractivity contribution is 5.90. The van der Waals surface area contributed by atoms with E-state index in [1.54, 1.807) is 53.4 Å². The lowest BCUT2D eigenvalue weighted by Gasteiger charge is -2.49. The minimum Gasteiger partial charge on any atom is -0.496 e. The molecule has 1 aliphatic carbocycles. The fourth-order valence-corrected chi connectivity index (χ4v) is 5.21. The second kappa shape index (κ2) is 8.90. The Hall–Kier alpha value is -3.88. The number of hydrogen-bond donors (Lipinski definition) is 0. The summed E-state index contributed by atoms with van der Waals surface area (Å²) < 4.78 is 19.6. The number of nitrogens with zero attached hydrogens (tertiary/aromatic N) is 3. The average molecular weight is 506 g/mol. The van der Waals surface area contributed by atoms with Crippen molar-refractivity contribution in [3.8, 4) is 28.1 Å². The van der Waals surface area contributed by atoms with E-state index in [-0.39, 0.29) is 23.1 Å². The van der Waals surface area contributed by atoms with E-state index in [1.807, 2.05) is 6.07 Å². The third-order valence-corrected chi connectivity index (χ3v) is 7.04. The molecule has 1 fully saturated rings. The van der Waals surface area contributed by atoms with E-state index in [2.05, 4.69) is 15.7 Å². The number of carbonyl (C=O) groups excluding carboxylic acids is 2. The van der Waals surface area contributed by atoms with Crippen LogP contribution >= 0.6 is 0 Å². The van der Waals surface area contributed by atoms with Crippen LogP contribution in [0.3, 0.4) is 0 Å². The van der Waals surface area contributed by atoms with Crippen molar-refractivity contribution in [2.45, 2.75) is 64.5 Å². The molecule has 2 aliphatic rings. The summed E-state index contributed by atoms with van der Waals surface area (Å²) in [7, 11) is 1.58. The molecule has 9 heteroatoms. The molecule has 0 atom stereocenters. The van der Waals surface area contributed by atoms with Crippen LogP contribution in [-0.4, -0.2) is 45.7 Å². The van der Waals surface area contributed by atoms with Gasteiger partial charge in [0.15, 0.2) is 5.43 Å². The number of methoxy groups -OCH3 is 1. The summed E-state index contributed by atoms with van der Waals surface area (Å²) in [4.78, 5) is 37.9. The zero-order valence-corrected chi connectivity index (χ0v) is 21.8. The van der Waals surface area contributed by atoms with Gasteiger partial charge in [0, 0.05) is 40.7 Å². The highest BCUT2D eigenvalue weighted by Crippen LogP contribution is 2.50. The van der Waals surface area contributed by atoms with E-state index in [0.29, 0.717) is 11.3 Å². The largest absolute Gasteiger partial charge is 0.496 e. The molecular weight excluding hydrogens is 474 g/mol. The van der Waals surface area contributed by atoms with Crippen LogP contribution in [0.25, 0.3) is 22.4 Å². The van der Waals surface area contributed by atoms with Crippen LogP contribution in [0.1, 0.15) is 62.9 Å². The molecule has 9 nitrogen and oxygen atoms in total. The minimum absolute atomic E-state index is 0.0541. The van der Waals surface area contributed by atoms with E-state index in [0.717, 1.165) is 48.1 Å². The van der Waals surface area contributed by atoms with Gasteiger partial charge in [0.25, 0.3) is 0 Å². The van der Waals surface area contributed by atoms with Crippen LogP contribution in [0.2, 0.25) is 0 Å². The Morgan fingerprint density at radius 2 is 1.86 bits per heavy atom. The highest BCUT2D eigenvalue weighted by Gasteiger charge is 2.44. The highest BCUT2D eigenvalue weighted by atomic mass is 16.6. The number of aromatic nitrogens is 3. The van der Waals surface area contributed by atoms with Crippen molar-refractivity contribution >= 4 is 12.1 Å². The first-order valence-corrected chi connectivity index (χ1v) is 12.5. The van der Waals surface area contributed by atoms with Gasteiger partial charge in [-0.1, -0.05) is 0 Å². The van der Waals surface area contributed by atoms with Crippen molar-refractivity contribution in [3.63, 3.8) is 0 Å². The Morgan fingerprint density at radius 3 is 2.49 bits per heavy atom. The molecule has 37 heavy (non-hydrogen) atoms. The number of hydrogen-bond acceptors (Lipinski definition) is 7. The molecule has 3 heterocycles. The number of benzene rings is 1. The lowest BCUT2D eigenvalue weighted by Crippen LogP contribution is -2.46. The number of carbonyl (C=O) groups is 2. The van der Waals surface area contributed by atoms with Crippen LogP contribution in [0, 0.1) is 0 Å². The lowest BCUT2D eigenvalue weighted by atomic mass is 9.69. The van der Waals surface area contributed by atoms with Gasteiger partial charge in [-0.25, -0.2) is 9.59 Å². The van der Waals surface area contributed by atoms with Gasteiger partial charge in [-0.05, 0) is 71.1 Å². The fourth-order valence-electron chi connectivity index (χ4n) is 5.21. The van der Waals surface area contributed by atoms with Crippen LogP contribution < -0.4 is 10.2 Å². The third kappa shape index (κ3) is 4.32. The molecule has 0 N–H and O–H groups in total. The number of ether oxygens (including phenoxy) is 3. The first-order chi connectivity index (χ1) is 17.5. The molecule has 194 valence electrons. The molecule has 0 bridgehead atoms. The Labute approximate surface area is 215 Å². The summed E-state index contributed by atoms with van der Waals surface area (Å²) >= 11 is 0. The molecule has 2 aromatic heterocycles. The molecule has 3 aromatic rings. The van der Waals surface area contributed by atoms with Gasteiger partial charge in [0.1, 0.15) is 16.9 Å². The van der Waals surface area contributed by atoms with Crippen molar-refractivity contribution in [3.05, 3.63) is 58.1 Å². The normalized spacial score (nSPS) is 15.4. The number of esters is 1. The SMILES string of the molecule is CCOC(=O)c1cn2c(cc1=O)-c1cc(OC)c(-c3cnn(C(=O)OC(C)(C)C)c3)cc1CC21CCC1. The third-order valence-electron chi connectivity index (χ3n) is 7.04. The number of pyridine rings is 1. The molecular formula is C28H31N3O6. The second-order valence-corrected chi connectivity index (χ2v) is 10.6. The van der Waals surface area contributed by atoms with E-state index >= 15 is 0 Å². The van der Waals surface area contributed by atoms with Gasteiger partial charge >= 0.3 is 12.1 Å². The molecule has 1 saturated carbocycles. The van der Waals surface area contributed by atoms with E-state index in [9.17, 15) is 14.4 Å². The van der Waals surface area contributed by atoms with Crippen molar-refractivity contribution < 1.29 is 23.8 Å². The number of fused-ring (bicyclic) bond motifs is 4. The average Bonchev–Trinajstić information content (AvgIpc) is 3.31. The Balaban J connectivity index is 1.60. The summed E-state index contributed by atoms with van der Waals surface area (Å²) in [5.74, 6) is -0.0153. The summed E-state index contributed by atoms with van der Waals surface area (Å²) in [5, 5.41) is 4.21. The maximum atomic E-state index is 12.9. The van der Waals surface area contributed by atoms with Crippen LogP contribution in [0.4, 0.5) is 4.79 Å². The fraction of sp³-hybridized carbons (Fsp3) is 0.429. The van der Waals surface area contributed by atoms with Crippen molar-refractivity contribution in [2.24, 2.45) is 0 Å². The second-order valence-electron chi connectivity index (χ2n) is 10.6. The number of rotatable bonds is 4. The summed E-state index contributed by atoms with van der Waals surface area (Å²) in [6, 6.07) is 5.50. The van der Waals surface area contributed by atoms with Crippen molar-refractivity contribution in [1.82, 2.24) is 14.3 Å². The van der Waals surface area contributed by atoms with Gasteiger partial charge in [-0.15, -0.1) is 0 Å². The Kier molecular flexibility index (Phi) is 5.96. The molecule has 0 saturated heterocycles. The van der Waals surface area contributed by atoms with E-state index in [1.165, 1.54) is 10.7 Å². The molecule has 0 amide bonds. The van der Waals surface area contributed by atoms with Gasteiger partial charge in [-0.2, -0.15) is 9.78 Å². The molecule has 0 radical (unpaired) electrons. The van der Waals surface area contributed by atoms with Crippen molar-refractivity contribution in [1.29, 1.82) is 0 Å². The van der Waals surface area contributed by atoms with Gasteiger partial charge < -0.3 is 18.8 Å². The van der Waals surface area contributed by atoms with Gasteiger partial charge in [0.2, 0.25) is 0 Å². The summed E-state index contributed by atoms with van der Waals surface area (Å²) in [5.41, 5.74) is 3.07. The summed E-state index contributed by atoms with van der Waals surface area (Å²) in [6.45, 7) is 7.34. The predicted molar refractivity (Wildman–Crippen MR) is 137 cm³/mol. The predicted octanol–water partition coefficient (Wildman–Crippen LogP) is 4.78. The van der Waals surface area contributed by atoms with E-state index < -0.39 is 17.7 Å². The monoisotopic (exact) mass is 505 g/mol. The lowest BCUT2D eigenvalue weighted by molar-refractivity contribution is 0.0507. The Morgan fingerprint density at radius 1 is 1.11 bits per heavy atom. The van der Waals surface area contributed by atoms with Gasteiger partial charge in [0.05, 0.1) is 25.6 Å². The van der Waals surface area contributed by atoms with Crippen LogP contribution in [0.15, 0.2) is 41.6 Å². The molecule has 5 rings (SSSR count). The molecule has 0 unspecified atom stereocenters.